The van der Waals surface area contributed by atoms with E-state index < -0.39 is 72.1 Å². The summed E-state index contributed by atoms with van der Waals surface area (Å²) < 4.78 is 0. The average molecular weight is 541 g/mol. The van der Waals surface area contributed by atoms with E-state index >= 15 is 0 Å². The number of carboxylic acid groups (broad SMARTS) is 2. The first-order valence-electron chi connectivity index (χ1n) is 12.9. The Morgan fingerprint density at radius 2 is 1.47 bits per heavy atom. The lowest BCUT2D eigenvalue weighted by Crippen LogP contribution is -2.60. The van der Waals surface area contributed by atoms with Gasteiger partial charge in [-0.25, -0.2) is 0 Å². The topological polar surface area (TPSA) is 213 Å². The number of carbonyl (C=O) groups excluding carboxylic acids is 5. The molecule has 1 aliphatic carbocycles. The number of carbonyl (C=O) groups is 7. The first-order chi connectivity index (χ1) is 17.8. The second-order valence-corrected chi connectivity index (χ2v) is 10.0. The maximum atomic E-state index is 13.5. The van der Waals surface area contributed by atoms with E-state index in [4.69, 9.17) is 15.9 Å². The minimum Gasteiger partial charge on any atom is -0.481 e. The van der Waals surface area contributed by atoms with Crippen molar-refractivity contribution >= 4 is 41.9 Å². The molecule has 0 aromatic heterocycles. The Labute approximate surface area is 221 Å². The minimum atomic E-state index is -1.39. The van der Waals surface area contributed by atoms with Crippen LogP contribution < -0.4 is 16.4 Å². The van der Waals surface area contributed by atoms with E-state index in [0.29, 0.717) is 19.1 Å². The van der Waals surface area contributed by atoms with E-state index in [2.05, 4.69) is 10.6 Å². The highest BCUT2D eigenvalue weighted by Gasteiger charge is 2.39. The van der Waals surface area contributed by atoms with Crippen LogP contribution in [0.15, 0.2) is 0 Å². The zero-order valence-electron chi connectivity index (χ0n) is 22.2. The summed E-state index contributed by atoms with van der Waals surface area (Å²) in [5.41, 5.74) is 5.71. The van der Waals surface area contributed by atoms with Gasteiger partial charge in [0.05, 0.1) is 12.1 Å². The van der Waals surface area contributed by atoms with Crippen molar-refractivity contribution in [3.05, 3.63) is 0 Å². The molecule has 4 amide bonds. The molecule has 13 heteroatoms. The third-order valence-corrected chi connectivity index (χ3v) is 6.66. The largest absolute Gasteiger partial charge is 0.481 e. The number of nitrogens with zero attached hydrogens (tertiary/aromatic N) is 1. The van der Waals surface area contributed by atoms with E-state index in [1.54, 1.807) is 13.8 Å². The number of imide groups is 1. The molecule has 214 valence electrons. The Morgan fingerprint density at radius 3 is 1.95 bits per heavy atom. The molecule has 4 atom stereocenters. The lowest BCUT2D eigenvalue weighted by atomic mass is 9.83. The molecule has 38 heavy (non-hydrogen) atoms. The Kier molecular flexibility index (Phi) is 13.6. The quantitative estimate of drug-likeness (QED) is 0.178. The zero-order valence-corrected chi connectivity index (χ0v) is 22.2. The molecular weight excluding hydrogens is 500 g/mol. The number of rotatable bonds is 15. The molecular formula is C25H40N4O9. The summed E-state index contributed by atoms with van der Waals surface area (Å²) in [6, 6.07) is -4.88. The predicted octanol–water partition coefficient (Wildman–Crippen LogP) is 0.192. The maximum Gasteiger partial charge on any atom is 0.303 e. The van der Waals surface area contributed by atoms with Crippen molar-refractivity contribution in [3.8, 4) is 0 Å². The molecule has 0 spiro atoms. The molecule has 0 heterocycles. The Morgan fingerprint density at radius 1 is 0.921 bits per heavy atom. The normalized spacial score (nSPS) is 17.0. The molecule has 13 nitrogen and oxygen atoms in total. The zero-order chi connectivity index (χ0) is 29.0. The van der Waals surface area contributed by atoms with Gasteiger partial charge >= 0.3 is 11.9 Å². The predicted molar refractivity (Wildman–Crippen MR) is 134 cm³/mol. The van der Waals surface area contributed by atoms with Crippen LogP contribution in [0, 0.1) is 11.8 Å². The number of nitrogens with two attached hydrogens (primary N) is 1. The standard InChI is InChI=1S/C25H40N4O9/c1-14(2)22(25(38)29(15(3)31)19(13-30)16-7-5-4-6-8-16)28-24(37)18(10-12-21(34)35)27-23(36)17(26)9-11-20(32)33/h13-14,16-19,22H,4-12,26H2,1-3H3,(H,27,36)(H,28,37)(H,32,33)(H,34,35)/t17-,18-,19?,22-/m0/s1. The molecule has 1 aliphatic rings. The lowest BCUT2D eigenvalue weighted by Gasteiger charge is -2.36. The van der Waals surface area contributed by atoms with Crippen LogP contribution in [0.5, 0.6) is 0 Å². The fourth-order valence-electron chi connectivity index (χ4n) is 4.51. The number of amides is 4. The van der Waals surface area contributed by atoms with E-state index in [0.717, 1.165) is 24.2 Å². The highest BCUT2D eigenvalue weighted by molar-refractivity contribution is 6.01. The van der Waals surface area contributed by atoms with Gasteiger partial charge in [0.25, 0.3) is 5.91 Å². The number of aldehydes is 1. The molecule has 1 saturated carbocycles. The summed E-state index contributed by atoms with van der Waals surface area (Å²) in [5, 5.41) is 22.7. The van der Waals surface area contributed by atoms with Crippen LogP contribution in [-0.2, 0) is 33.6 Å². The van der Waals surface area contributed by atoms with Gasteiger partial charge in [0, 0.05) is 19.8 Å². The molecule has 1 unspecified atom stereocenters. The van der Waals surface area contributed by atoms with Gasteiger partial charge < -0.3 is 31.4 Å². The third kappa shape index (κ3) is 10.2. The SMILES string of the molecule is CC(=O)N(C(=O)[C@@H](NC(=O)[C@H](CCC(=O)O)NC(=O)[C@@H](N)CCC(=O)O)C(C)C)C(C=O)C1CCCCC1. The Bertz CT molecular complexity index is 886. The van der Waals surface area contributed by atoms with Crippen LogP contribution >= 0.6 is 0 Å². The van der Waals surface area contributed by atoms with Crippen molar-refractivity contribution < 1.29 is 43.8 Å². The van der Waals surface area contributed by atoms with Gasteiger partial charge in [0.2, 0.25) is 17.7 Å². The molecule has 0 aromatic carbocycles. The van der Waals surface area contributed by atoms with Gasteiger partial charge in [0.1, 0.15) is 18.4 Å². The fraction of sp³-hybridized carbons (Fsp3) is 0.720. The highest BCUT2D eigenvalue weighted by Crippen LogP contribution is 2.29. The number of nitrogens with one attached hydrogen (secondary N) is 2. The van der Waals surface area contributed by atoms with Crippen molar-refractivity contribution in [2.45, 2.75) is 103 Å². The molecule has 0 aromatic rings. The molecule has 1 fully saturated rings. The Balaban J connectivity index is 3.14. The minimum absolute atomic E-state index is 0.187. The van der Waals surface area contributed by atoms with Crippen LogP contribution in [0.25, 0.3) is 0 Å². The highest BCUT2D eigenvalue weighted by atomic mass is 16.4. The first kappa shape index (κ1) is 32.7. The fourth-order valence-corrected chi connectivity index (χ4v) is 4.51. The maximum absolute atomic E-state index is 13.5. The molecule has 0 aliphatic heterocycles. The monoisotopic (exact) mass is 540 g/mol. The summed E-state index contributed by atoms with van der Waals surface area (Å²) in [5.74, 6) is -6.25. The molecule has 0 radical (unpaired) electrons. The molecule has 6 N–H and O–H groups in total. The first-order valence-corrected chi connectivity index (χ1v) is 12.9. The van der Waals surface area contributed by atoms with Crippen molar-refractivity contribution in [1.29, 1.82) is 0 Å². The van der Waals surface area contributed by atoms with E-state index in [9.17, 15) is 33.6 Å². The lowest BCUT2D eigenvalue weighted by molar-refractivity contribution is -0.153. The van der Waals surface area contributed by atoms with E-state index in [1.165, 1.54) is 6.92 Å². The van der Waals surface area contributed by atoms with Gasteiger partial charge in [-0.2, -0.15) is 0 Å². The van der Waals surface area contributed by atoms with Gasteiger partial charge in [-0.15, -0.1) is 0 Å². The van der Waals surface area contributed by atoms with Crippen LogP contribution in [-0.4, -0.2) is 81.1 Å². The number of hydrogen-bond acceptors (Lipinski definition) is 8. The van der Waals surface area contributed by atoms with E-state index in [-0.39, 0.29) is 25.2 Å². The van der Waals surface area contributed by atoms with Gasteiger partial charge in [-0.1, -0.05) is 33.1 Å². The van der Waals surface area contributed by atoms with Crippen LogP contribution in [0.2, 0.25) is 0 Å². The van der Waals surface area contributed by atoms with Gasteiger partial charge in [-0.3, -0.25) is 33.7 Å². The number of hydrogen-bond donors (Lipinski definition) is 5. The van der Waals surface area contributed by atoms with Gasteiger partial charge in [0.15, 0.2) is 0 Å². The molecule has 0 bridgehead atoms. The number of aliphatic carboxylic acids is 2. The summed E-state index contributed by atoms with van der Waals surface area (Å²) in [4.78, 5) is 86.5. The second kappa shape index (κ2) is 15.8. The second-order valence-electron chi connectivity index (χ2n) is 10.0. The molecule has 1 rings (SSSR count). The summed E-state index contributed by atoms with van der Waals surface area (Å²) >= 11 is 0. The Hall–Kier alpha value is -3.35. The smallest absolute Gasteiger partial charge is 0.303 e. The van der Waals surface area contributed by atoms with Crippen molar-refractivity contribution in [1.82, 2.24) is 15.5 Å². The average Bonchev–Trinajstić information content (AvgIpc) is 2.85. The van der Waals surface area contributed by atoms with Crippen LogP contribution in [0.1, 0.15) is 78.6 Å². The molecule has 0 saturated heterocycles. The third-order valence-electron chi connectivity index (χ3n) is 6.66. The summed E-state index contributed by atoms with van der Waals surface area (Å²) in [6.07, 6.45) is 3.30. The summed E-state index contributed by atoms with van der Waals surface area (Å²) in [7, 11) is 0. The number of carboxylic acids is 2. The van der Waals surface area contributed by atoms with Crippen LogP contribution in [0.3, 0.4) is 0 Å². The van der Waals surface area contributed by atoms with Crippen molar-refractivity contribution in [3.63, 3.8) is 0 Å². The van der Waals surface area contributed by atoms with Crippen molar-refractivity contribution in [2.24, 2.45) is 17.6 Å². The van der Waals surface area contributed by atoms with Crippen molar-refractivity contribution in [2.75, 3.05) is 0 Å². The van der Waals surface area contributed by atoms with E-state index in [1.807, 2.05) is 0 Å². The summed E-state index contributed by atoms with van der Waals surface area (Å²) in [6.45, 7) is 4.43. The van der Waals surface area contributed by atoms with Crippen LogP contribution in [0.4, 0.5) is 0 Å². The van der Waals surface area contributed by atoms with Gasteiger partial charge in [-0.05, 0) is 37.5 Å².